The van der Waals surface area contributed by atoms with Crippen molar-refractivity contribution in [2.45, 2.75) is 23.3 Å². The smallest absolute Gasteiger partial charge is 0.240 e. The zero-order valence-corrected chi connectivity index (χ0v) is 14.2. The number of aliphatic hydroxyl groups is 1. The minimum absolute atomic E-state index is 0.00452. The summed E-state index contributed by atoms with van der Waals surface area (Å²) >= 11 is 0. The van der Waals surface area contributed by atoms with Gasteiger partial charge in [0, 0.05) is 13.1 Å². The Bertz CT molecular complexity index is 793. The van der Waals surface area contributed by atoms with E-state index >= 15 is 0 Å². The lowest BCUT2D eigenvalue weighted by atomic mass is 9.92. The maximum absolute atomic E-state index is 12.2. The van der Waals surface area contributed by atoms with E-state index in [0.29, 0.717) is 6.54 Å². The van der Waals surface area contributed by atoms with Gasteiger partial charge in [0.15, 0.2) is 0 Å². The number of nitrogens with one attached hydrogen (secondary N) is 2. The number of fused-ring (bicyclic) bond motifs is 1. The third kappa shape index (κ3) is 3.37. The summed E-state index contributed by atoms with van der Waals surface area (Å²) in [6.45, 7) is 0.706. The maximum atomic E-state index is 12.2. The molecular weight excluding hydrogens is 324 g/mol. The molecule has 0 heterocycles. The molecule has 3 N–H and O–H groups in total. The van der Waals surface area contributed by atoms with Crippen molar-refractivity contribution >= 4 is 10.0 Å². The highest BCUT2D eigenvalue weighted by Crippen LogP contribution is 2.36. The lowest BCUT2D eigenvalue weighted by Crippen LogP contribution is -2.46. The Morgan fingerprint density at radius 1 is 1.00 bits per heavy atom. The van der Waals surface area contributed by atoms with Crippen molar-refractivity contribution in [1.82, 2.24) is 10.0 Å². The Labute approximate surface area is 142 Å². The zero-order chi connectivity index (χ0) is 17.0. The highest BCUT2D eigenvalue weighted by Gasteiger charge is 2.37. The molecule has 0 bridgehead atoms. The van der Waals surface area contributed by atoms with E-state index in [1.165, 1.54) is 5.56 Å². The van der Waals surface area contributed by atoms with Crippen LogP contribution in [0, 0.1) is 0 Å². The summed E-state index contributed by atoms with van der Waals surface area (Å²) in [5, 5.41) is 13.2. The quantitative estimate of drug-likeness (QED) is 0.662. The van der Waals surface area contributed by atoms with Crippen LogP contribution in [0.4, 0.5) is 0 Å². The van der Waals surface area contributed by atoms with Crippen LogP contribution < -0.4 is 10.0 Å². The van der Waals surface area contributed by atoms with Crippen LogP contribution in [-0.4, -0.2) is 33.2 Å². The second kappa shape index (κ2) is 7.03. The first-order valence-corrected chi connectivity index (χ1v) is 9.55. The van der Waals surface area contributed by atoms with Gasteiger partial charge in [0.2, 0.25) is 10.0 Å². The number of hydrogen-bond acceptors (Lipinski definition) is 4. The minimum Gasteiger partial charge on any atom is -0.394 e. The van der Waals surface area contributed by atoms with E-state index in [1.807, 2.05) is 18.2 Å². The summed E-state index contributed by atoms with van der Waals surface area (Å²) in [4.78, 5) is 0.257. The van der Waals surface area contributed by atoms with Gasteiger partial charge in [-0.25, -0.2) is 13.1 Å². The Morgan fingerprint density at radius 3 is 2.46 bits per heavy atom. The summed E-state index contributed by atoms with van der Waals surface area (Å²) in [5.74, 6) is 0. The summed E-state index contributed by atoms with van der Waals surface area (Å²) in [7, 11) is -3.50. The maximum Gasteiger partial charge on any atom is 0.240 e. The molecule has 0 amide bonds. The van der Waals surface area contributed by atoms with Crippen molar-refractivity contribution in [3.8, 4) is 0 Å². The number of sulfonamides is 1. The van der Waals surface area contributed by atoms with Gasteiger partial charge in [0.25, 0.3) is 0 Å². The normalized spacial score (nSPS) is 20.0. The van der Waals surface area contributed by atoms with E-state index in [-0.39, 0.29) is 18.0 Å². The predicted molar refractivity (Wildman–Crippen MR) is 93.2 cm³/mol. The molecule has 2 aromatic rings. The van der Waals surface area contributed by atoms with E-state index < -0.39 is 15.6 Å². The topological polar surface area (TPSA) is 78.4 Å². The van der Waals surface area contributed by atoms with Gasteiger partial charge in [-0.3, -0.25) is 0 Å². The van der Waals surface area contributed by atoms with E-state index in [1.54, 1.807) is 30.3 Å². The first kappa shape index (κ1) is 17.1. The van der Waals surface area contributed by atoms with Gasteiger partial charge in [0.05, 0.1) is 17.0 Å². The number of rotatable bonds is 7. The highest BCUT2D eigenvalue weighted by molar-refractivity contribution is 7.89. The van der Waals surface area contributed by atoms with Gasteiger partial charge in [-0.2, -0.15) is 0 Å². The fourth-order valence-corrected chi connectivity index (χ4v) is 4.31. The van der Waals surface area contributed by atoms with Crippen LogP contribution >= 0.6 is 0 Å². The second-order valence-corrected chi connectivity index (χ2v) is 7.80. The van der Waals surface area contributed by atoms with Crippen LogP contribution in [0.15, 0.2) is 59.5 Å². The van der Waals surface area contributed by atoms with E-state index in [0.717, 1.165) is 18.4 Å². The van der Waals surface area contributed by atoms with Crippen LogP contribution in [0.5, 0.6) is 0 Å². The van der Waals surface area contributed by atoms with Gasteiger partial charge in [0.1, 0.15) is 0 Å². The molecule has 6 heteroatoms. The van der Waals surface area contributed by atoms with Crippen molar-refractivity contribution in [2.24, 2.45) is 0 Å². The number of hydrogen-bond donors (Lipinski definition) is 3. The lowest BCUT2D eigenvalue weighted by molar-refractivity contribution is 0.161. The molecule has 0 spiro atoms. The third-order valence-corrected chi connectivity index (χ3v) is 6.03. The van der Waals surface area contributed by atoms with Crippen LogP contribution in [-0.2, 0) is 22.0 Å². The molecule has 1 aliphatic carbocycles. The molecule has 24 heavy (non-hydrogen) atoms. The van der Waals surface area contributed by atoms with Crippen LogP contribution in [0.25, 0.3) is 0 Å². The molecule has 5 nitrogen and oxygen atoms in total. The molecule has 0 fully saturated rings. The molecule has 128 valence electrons. The van der Waals surface area contributed by atoms with Gasteiger partial charge < -0.3 is 10.4 Å². The summed E-state index contributed by atoms with van der Waals surface area (Å²) in [5.41, 5.74) is 1.87. The summed E-state index contributed by atoms with van der Waals surface area (Å²) in [6, 6.07) is 16.4. The lowest BCUT2D eigenvalue weighted by Gasteiger charge is -2.30. The summed E-state index contributed by atoms with van der Waals surface area (Å²) < 4.78 is 27.0. The fraction of sp³-hybridized carbons (Fsp3) is 0.333. The molecule has 0 aliphatic heterocycles. The Balaban J connectivity index is 1.61. The molecule has 3 rings (SSSR count). The largest absolute Gasteiger partial charge is 0.394 e. The number of aryl methyl sites for hydroxylation is 1. The van der Waals surface area contributed by atoms with E-state index in [4.69, 9.17) is 0 Å². The van der Waals surface area contributed by atoms with Crippen molar-refractivity contribution in [1.29, 1.82) is 0 Å². The molecular formula is C18H22N2O3S. The van der Waals surface area contributed by atoms with Crippen molar-refractivity contribution in [3.05, 3.63) is 65.7 Å². The molecule has 0 saturated carbocycles. The molecule has 1 atom stereocenters. The minimum atomic E-state index is -3.50. The Kier molecular flexibility index (Phi) is 5.01. The number of aliphatic hydroxyl groups excluding tert-OH is 1. The molecule has 0 aromatic heterocycles. The van der Waals surface area contributed by atoms with Crippen LogP contribution in [0.1, 0.15) is 17.5 Å². The van der Waals surface area contributed by atoms with Crippen molar-refractivity contribution < 1.29 is 13.5 Å². The summed E-state index contributed by atoms with van der Waals surface area (Å²) in [6.07, 6.45) is 1.73. The van der Waals surface area contributed by atoms with Gasteiger partial charge in [-0.05, 0) is 36.1 Å². The number of benzene rings is 2. The van der Waals surface area contributed by atoms with Gasteiger partial charge >= 0.3 is 0 Å². The highest BCUT2D eigenvalue weighted by atomic mass is 32.2. The van der Waals surface area contributed by atoms with Gasteiger partial charge in [-0.1, -0.05) is 42.5 Å². The molecule has 1 unspecified atom stereocenters. The molecule has 1 aliphatic rings. The monoisotopic (exact) mass is 346 g/mol. The average molecular weight is 346 g/mol. The van der Waals surface area contributed by atoms with E-state index in [9.17, 15) is 13.5 Å². The predicted octanol–water partition coefficient (Wildman–Crippen LogP) is 1.39. The average Bonchev–Trinajstić information content (AvgIpc) is 2.99. The molecule has 2 aromatic carbocycles. The van der Waals surface area contributed by atoms with Crippen LogP contribution in [0.3, 0.4) is 0 Å². The fourth-order valence-electron chi connectivity index (χ4n) is 3.26. The first-order chi connectivity index (χ1) is 11.6. The molecule has 0 radical (unpaired) electrons. The molecule has 0 saturated heterocycles. The zero-order valence-electron chi connectivity index (χ0n) is 13.4. The Morgan fingerprint density at radius 2 is 1.71 bits per heavy atom. The SMILES string of the molecule is O=S(=O)(NCCNC1(CO)CCc2ccccc21)c1ccccc1. The van der Waals surface area contributed by atoms with Gasteiger partial charge in [-0.15, -0.1) is 0 Å². The standard InChI is InChI=1S/C18H22N2O3S/c21-14-18(11-10-15-6-4-5-9-17(15)18)19-12-13-20-24(22,23)16-7-2-1-3-8-16/h1-9,19-21H,10-14H2. The van der Waals surface area contributed by atoms with Crippen LogP contribution in [0.2, 0.25) is 0 Å². The third-order valence-electron chi connectivity index (χ3n) is 4.56. The van der Waals surface area contributed by atoms with Crippen molar-refractivity contribution in [3.63, 3.8) is 0 Å². The second-order valence-electron chi connectivity index (χ2n) is 6.03. The Hall–Kier alpha value is -1.73. The van der Waals surface area contributed by atoms with Crippen molar-refractivity contribution in [2.75, 3.05) is 19.7 Å². The van der Waals surface area contributed by atoms with E-state index in [2.05, 4.69) is 16.1 Å². The first-order valence-electron chi connectivity index (χ1n) is 8.06.